The highest BCUT2D eigenvalue weighted by molar-refractivity contribution is 7.17. The van der Waals surface area contributed by atoms with Gasteiger partial charge in [-0.15, -0.1) is 11.3 Å². The van der Waals surface area contributed by atoms with Gasteiger partial charge >= 0.3 is 0 Å². The Labute approximate surface area is 141 Å². The van der Waals surface area contributed by atoms with Crippen molar-refractivity contribution in [3.8, 4) is 0 Å². The summed E-state index contributed by atoms with van der Waals surface area (Å²) in [4.78, 5) is 25.2. The maximum Gasteiger partial charge on any atom is 0.257 e. The molecule has 7 heteroatoms. The minimum absolute atomic E-state index is 0.186. The number of hydrogen-bond donors (Lipinski definition) is 2. The molecule has 3 rings (SSSR count). The Kier molecular flexibility index (Phi) is 4.12. The van der Waals surface area contributed by atoms with Crippen LogP contribution in [0.1, 0.15) is 37.6 Å². The lowest BCUT2D eigenvalue weighted by atomic mass is 10.1. The van der Waals surface area contributed by atoms with Gasteiger partial charge in [-0.25, -0.2) is 0 Å². The molecule has 1 aromatic heterocycles. The Morgan fingerprint density at radius 3 is 2.73 bits per heavy atom. The molecule has 114 valence electrons. The largest absolute Gasteiger partial charge is 0.365 e. The second-order valence-corrected chi connectivity index (χ2v) is 6.87. The van der Waals surface area contributed by atoms with Crippen molar-refractivity contribution in [2.75, 3.05) is 5.32 Å². The summed E-state index contributed by atoms with van der Waals surface area (Å²) in [5, 5.41) is 3.72. The van der Waals surface area contributed by atoms with Crippen molar-refractivity contribution >= 4 is 51.4 Å². The molecular weight excluding hydrogens is 343 g/mol. The van der Waals surface area contributed by atoms with Gasteiger partial charge in [0, 0.05) is 4.88 Å². The molecule has 2 aromatic rings. The molecule has 1 heterocycles. The molecule has 0 bridgehead atoms. The van der Waals surface area contributed by atoms with Crippen molar-refractivity contribution in [1.82, 2.24) is 0 Å². The highest BCUT2D eigenvalue weighted by Crippen LogP contribution is 2.39. The van der Waals surface area contributed by atoms with Crippen LogP contribution in [0.3, 0.4) is 0 Å². The SMILES string of the molecule is NC(=O)c1c(NC(=O)c2cccc(Cl)c2Cl)sc2c1CCC2. The third-order valence-corrected chi connectivity index (χ3v) is 5.62. The van der Waals surface area contributed by atoms with Gasteiger partial charge in [0.05, 0.1) is 21.2 Å². The zero-order valence-corrected chi connectivity index (χ0v) is 13.7. The molecule has 0 radical (unpaired) electrons. The number of halogens is 2. The van der Waals surface area contributed by atoms with Gasteiger partial charge in [-0.05, 0) is 37.0 Å². The molecule has 1 aliphatic rings. The summed E-state index contributed by atoms with van der Waals surface area (Å²) in [5.41, 5.74) is 7.12. The van der Waals surface area contributed by atoms with Crippen molar-refractivity contribution in [3.05, 3.63) is 49.8 Å². The zero-order valence-electron chi connectivity index (χ0n) is 11.4. The Morgan fingerprint density at radius 2 is 2.00 bits per heavy atom. The van der Waals surface area contributed by atoms with E-state index in [0.717, 1.165) is 29.7 Å². The normalized spacial score (nSPS) is 13.0. The molecule has 0 spiro atoms. The summed E-state index contributed by atoms with van der Waals surface area (Å²) in [5.74, 6) is -0.929. The van der Waals surface area contributed by atoms with E-state index in [1.54, 1.807) is 18.2 Å². The van der Waals surface area contributed by atoms with E-state index in [2.05, 4.69) is 5.32 Å². The van der Waals surface area contributed by atoms with Gasteiger partial charge in [-0.1, -0.05) is 29.3 Å². The Bertz CT molecular complexity index is 786. The quantitative estimate of drug-likeness (QED) is 0.877. The number of fused-ring (bicyclic) bond motifs is 1. The van der Waals surface area contributed by atoms with E-state index >= 15 is 0 Å². The van der Waals surface area contributed by atoms with Crippen LogP contribution in [0.5, 0.6) is 0 Å². The molecule has 4 nitrogen and oxygen atoms in total. The molecule has 2 amide bonds. The first-order valence-corrected chi connectivity index (χ1v) is 8.26. The average molecular weight is 355 g/mol. The monoisotopic (exact) mass is 354 g/mol. The number of hydrogen-bond acceptors (Lipinski definition) is 3. The lowest BCUT2D eigenvalue weighted by Crippen LogP contribution is -2.18. The molecule has 0 saturated heterocycles. The predicted octanol–water partition coefficient (Wildman–Crippen LogP) is 3.89. The van der Waals surface area contributed by atoms with E-state index in [4.69, 9.17) is 28.9 Å². The number of amides is 2. The van der Waals surface area contributed by atoms with Crippen LogP contribution < -0.4 is 11.1 Å². The molecule has 3 N–H and O–H groups in total. The van der Waals surface area contributed by atoms with Crippen molar-refractivity contribution < 1.29 is 9.59 Å². The van der Waals surface area contributed by atoms with E-state index in [1.807, 2.05) is 0 Å². The number of thiophene rings is 1. The molecule has 22 heavy (non-hydrogen) atoms. The number of rotatable bonds is 3. The lowest BCUT2D eigenvalue weighted by molar-refractivity contribution is 0.100. The number of nitrogens with two attached hydrogens (primary N) is 1. The highest BCUT2D eigenvalue weighted by Gasteiger charge is 2.26. The second-order valence-electron chi connectivity index (χ2n) is 4.98. The first-order chi connectivity index (χ1) is 10.5. The number of primary amides is 1. The van der Waals surface area contributed by atoms with Crippen molar-refractivity contribution in [1.29, 1.82) is 0 Å². The molecule has 1 aliphatic carbocycles. The predicted molar refractivity (Wildman–Crippen MR) is 89.3 cm³/mol. The van der Waals surface area contributed by atoms with Gasteiger partial charge in [0.25, 0.3) is 11.8 Å². The Morgan fingerprint density at radius 1 is 1.23 bits per heavy atom. The smallest absolute Gasteiger partial charge is 0.257 e. The minimum atomic E-state index is -0.521. The molecule has 0 atom stereocenters. The third kappa shape index (κ3) is 2.60. The number of carbonyl (C=O) groups excluding carboxylic acids is 2. The first kappa shape index (κ1) is 15.3. The average Bonchev–Trinajstić information content (AvgIpc) is 3.01. The van der Waals surface area contributed by atoms with Crippen LogP contribution in [0.25, 0.3) is 0 Å². The number of anilines is 1. The summed E-state index contributed by atoms with van der Waals surface area (Å²) in [6.45, 7) is 0. The van der Waals surface area contributed by atoms with E-state index in [0.29, 0.717) is 15.6 Å². The number of nitrogens with one attached hydrogen (secondary N) is 1. The molecular formula is C15H12Cl2N2O2S. The van der Waals surface area contributed by atoms with Crippen LogP contribution in [-0.2, 0) is 12.8 Å². The van der Waals surface area contributed by atoms with E-state index < -0.39 is 11.8 Å². The Hall–Kier alpha value is -1.56. The summed E-state index contributed by atoms with van der Waals surface area (Å²) >= 11 is 13.4. The molecule has 0 aliphatic heterocycles. The van der Waals surface area contributed by atoms with Gasteiger partial charge in [-0.3, -0.25) is 9.59 Å². The maximum atomic E-state index is 12.4. The number of benzene rings is 1. The van der Waals surface area contributed by atoms with Crippen LogP contribution in [0.15, 0.2) is 18.2 Å². The van der Waals surface area contributed by atoms with E-state index in [-0.39, 0.29) is 10.6 Å². The number of aryl methyl sites for hydroxylation is 1. The van der Waals surface area contributed by atoms with Crippen molar-refractivity contribution in [3.63, 3.8) is 0 Å². The second kappa shape index (κ2) is 5.91. The van der Waals surface area contributed by atoms with E-state index in [9.17, 15) is 9.59 Å². The molecule has 1 aromatic carbocycles. The summed E-state index contributed by atoms with van der Waals surface area (Å²) in [6.07, 6.45) is 2.74. The van der Waals surface area contributed by atoms with Gasteiger partial charge < -0.3 is 11.1 Å². The maximum absolute atomic E-state index is 12.4. The van der Waals surface area contributed by atoms with Gasteiger partial charge in [0.2, 0.25) is 0 Å². The van der Waals surface area contributed by atoms with Crippen LogP contribution in [0.4, 0.5) is 5.00 Å². The fourth-order valence-electron chi connectivity index (χ4n) is 2.60. The third-order valence-electron chi connectivity index (χ3n) is 3.59. The fourth-order valence-corrected chi connectivity index (χ4v) is 4.28. The van der Waals surface area contributed by atoms with Crippen LogP contribution in [0.2, 0.25) is 10.0 Å². The topological polar surface area (TPSA) is 72.2 Å². The van der Waals surface area contributed by atoms with Crippen LogP contribution >= 0.6 is 34.5 Å². The minimum Gasteiger partial charge on any atom is -0.365 e. The van der Waals surface area contributed by atoms with Gasteiger partial charge in [-0.2, -0.15) is 0 Å². The zero-order chi connectivity index (χ0) is 15.9. The summed E-state index contributed by atoms with van der Waals surface area (Å²) in [6, 6.07) is 4.83. The molecule has 0 unspecified atom stereocenters. The highest BCUT2D eigenvalue weighted by atomic mass is 35.5. The molecule has 0 fully saturated rings. The van der Waals surface area contributed by atoms with Gasteiger partial charge in [0.15, 0.2) is 0 Å². The van der Waals surface area contributed by atoms with Crippen LogP contribution in [-0.4, -0.2) is 11.8 Å². The van der Waals surface area contributed by atoms with Gasteiger partial charge in [0.1, 0.15) is 5.00 Å². The fraction of sp³-hybridized carbons (Fsp3) is 0.200. The molecule has 0 saturated carbocycles. The van der Waals surface area contributed by atoms with E-state index in [1.165, 1.54) is 11.3 Å². The first-order valence-electron chi connectivity index (χ1n) is 6.68. The van der Waals surface area contributed by atoms with Crippen molar-refractivity contribution in [2.45, 2.75) is 19.3 Å². The standard InChI is InChI=1S/C15H12Cl2N2O2S/c16-9-5-1-4-8(12(9)17)14(21)19-15-11(13(18)20)7-3-2-6-10(7)22-15/h1,4-5H,2-3,6H2,(H2,18,20)(H,19,21). The number of carbonyl (C=O) groups is 2. The Balaban J connectivity index is 1.95. The summed E-state index contributed by atoms with van der Waals surface area (Å²) < 4.78 is 0. The lowest BCUT2D eigenvalue weighted by Gasteiger charge is -2.08. The van der Waals surface area contributed by atoms with Crippen LogP contribution in [0, 0.1) is 0 Å². The summed E-state index contributed by atoms with van der Waals surface area (Å²) in [7, 11) is 0. The van der Waals surface area contributed by atoms with Crippen molar-refractivity contribution in [2.24, 2.45) is 5.73 Å².